The summed E-state index contributed by atoms with van der Waals surface area (Å²) in [6.45, 7) is 4.77. The van der Waals surface area contributed by atoms with Crippen LogP contribution >= 0.6 is 0 Å². The lowest BCUT2D eigenvalue weighted by Gasteiger charge is -2.60. The zero-order valence-electron chi connectivity index (χ0n) is 11.9. The molecule has 2 aliphatic rings. The molecule has 0 radical (unpaired) electrons. The number of nitrogens with one attached hydrogen (secondary N) is 2. The van der Waals surface area contributed by atoms with Gasteiger partial charge < -0.3 is 20.5 Å². The Hall–Kier alpha value is -0.810. The molecule has 19 heavy (non-hydrogen) atoms. The predicted molar refractivity (Wildman–Crippen MR) is 72.9 cm³/mol. The number of rotatable bonds is 6. The van der Waals surface area contributed by atoms with Gasteiger partial charge in [0.1, 0.15) is 0 Å². The number of hydrogen-bond donors (Lipinski definition) is 3. The van der Waals surface area contributed by atoms with Gasteiger partial charge in [0.05, 0.1) is 6.10 Å². The number of carbonyl (C=O) groups is 1. The second-order valence-corrected chi connectivity index (χ2v) is 5.85. The molecule has 110 valence electrons. The quantitative estimate of drug-likeness (QED) is 0.683. The Labute approximate surface area is 115 Å². The SMILES string of the molecule is CCOC1CC(NC(=O)N[C@H](C)CCO)C12CCC2. The molecule has 0 saturated heterocycles. The Balaban J connectivity index is 1.79. The minimum Gasteiger partial charge on any atom is -0.396 e. The van der Waals surface area contributed by atoms with Crippen molar-refractivity contribution < 1.29 is 14.6 Å². The number of urea groups is 1. The lowest BCUT2D eigenvalue weighted by molar-refractivity contribution is -0.169. The minimum atomic E-state index is -0.118. The standard InChI is InChI=1S/C14H26N2O3/c1-3-19-12-9-11(14(12)6-4-7-14)16-13(18)15-10(2)5-8-17/h10-12,17H,3-9H2,1-2H3,(H2,15,16,18)/t10-,11?,12?/m1/s1. The van der Waals surface area contributed by atoms with E-state index in [4.69, 9.17) is 9.84 Å². The van der Waals surface area contributed by atoms with Crippen molar-refractivity contribution in [1.82, 2.24) is 10.6 Å². The molecule has 0 bridgehead atoms. The summed E-state index contributed by atoms with van der Waals surface area (Å²) in [5, 5.41) is 14.8. The Morgan fingerprint density at radius 3 is 2.79 bits per heavy atom. The molecule has 0 aromatic rings. The van der Waals surface area contributed by atoms with Gasteiger partial charge in [0.25, 0.3) is 0 Å². The van der Waals surface area contributed by atoms with Crippen molar-refractivity contribution >= 4 is 6.03 Å². The summed E-state index contributed by atoms with van der Waals surface area (Å²) in [7, 11) is 0. The third kappa shape index (κ3) is 2.87. The topological polar surface area (TPSA) is 70.6 Å². The third-order valence-electron chi connectivity index (χ3n) is 4.68. The summed E-state index contributed by atoms with van der Waals surface area (Å²) >= 11 is 0. The second-order valence-electron chi connectivity index (χ2n) is 5.85. The van der Waals surface area contributed by atoms with Gasteiger partial charge in [-0.15, -0.1) is 0 Å². The Morgan fingerprint density at radius 1 is 1.53 bits per heavy atom. The Bertz CT molecular complexity index is 318. The predicted octanol–water partition coefficient (Wildman–Crippen LogP) is 1.40. The summed E-state index contributed by atoms with van der Waals surface area (Å²) in [4.78, 5) is 11.9. The van der Waals surface area contributed by atoms with Crippen molar-refractivity contribution in [1.29, 1.82) is 0 Å². The van der Waals surface area contributed by atoms with Crippen LogP contribution in [0.2, 0.25) is 0 Å². The van der Waals surface area contributed by atoms with E-state index < -0.39 is 0 Å². The number of ether oxygens (including phenoxy) is 1. The van der Waals surface area contributed by atoms with Gasteiger partial charge in [0.2, 0.25) is 0 Å². The van der Waals surface area contributed by atoms with Crippen LogP contribution in [0.1, 0.15) is 46.0 Å². The molecule has 2 unspecified atom stereocenters. The molecule has 0 aromatic carbocycles. The van der Waals surface area contributed by atoms with E-state index in [-0.39, 0.29) is 30.1 Å². The van der Waals surface area contributed by atoms with E-state index in [1.54, 1.807) is 0 Å². The number of aliphatic hydroxyl groups excluding tert-OH is 1. The fourth-order valence-electron chi connectivity index (χ4n) is 3.33. The molecule has 0 aliphatic heterocycles. The molecule has 2 saturated carbocycles. The van der Waals surface area contributed by atoms with Gasteiger partial charge in [0, 0.05) is 30.7 Å². The fraction of sp³-hybridized carbons (Fsp3) is 0.929. The third-order valence-corrected chi connectivity index (χ3v) is 4.68. The summed E-state index contributed by atoms with van der Waals surface area (Å²) in [5.74, 6) is 0. The van der Waals surface area contributed by atoms with Crippen LogP contribution in [0.5, 0.6) is 0 Å². The van der Waals surface area contributed by atoms with Gasteiger partial charge in [-0.3, -0.25) is 0 Å². The lowest BCUT2D eigenvalue weighted by Crippen LogP contribution is -2.68. The largest absolute Gasteiger partial charge is 0.396 e. The monoisotopic (exact) mass is 270 g/mol. The lowest BCUT2D eigenvalue weighted by atomic mass is 9.51. The normalized spacial score (nSPS) is 29.2. The van der Waals surface area contributed by atoms with Gasteiger partial charge in [-0.1, -0.05) is 6.42 Å². The van der Waals surface area contributed by atoms with Gasteiger partial charge in [-0.25, -0.2) is 4.79 Å². The summed E-state index contributed by atoms with van der Waals surface area (Å²) in [6.07, 6.45) is 5.40. The molecule has 3 atom stereocenters. The summed E-state index contributed by atoms with van der Waals surface area (Å²) in [6, 6.07) is 0.136. The first kappa shape index (κ1) is 14.6. The summed E-state index contributed by atoms with van der Waals surface area (Å²) < 4.78 is 5.76. The van der Waals surface area contributed by atoms with Crippen molar-refractivity contribution in [3.8, 4) is 0 Å². The van der Waals surface area contributed by atoms with Crippen LogP contribution in [0, 0.1) is 5.41 Å². The molecule has 1 spiro atoms. The fourth-order valence-corrected chi connectivity index (χ4v) is 3.33. The Morgan fingerprint density at radius 2 is 2.26 bits per heavy atom. The van der Waals surface area contributed by atoms with Gasteiger partial charge in [0.15, 0.2) is 0 Å². The highest BCUT2D eigenvalue weighted by atomic mass is 16.5. The molecule has 3 N–H and O–H groups in total. The molecule has 2 fully saturated rings. The van der Waals surface area contributed by atoms with Crippen molar-refractivity contribution in [3.05, 3.63) is 0 Å². The smallest absolute Gasteiger partial charge is 0.315 e. The zero-order chi connectivity index (χ0) is 13.9. The van der Waals surface area contributed by atoms with E-state index >= 15 is 0 Å². The molecule has 5 heteroatoms. The van der Waals surface area contributed by atoms with E-state index in [1.807, 2.05) is 13.8 Å². The summed E-state index contributed by atoms with van der Waals surface area (Å²) in [5.41, 5.74) is 0.202. The average molecular weight is 270 g/mol. The zero-order valence-corrected chi connectivity index (χ0v) is 11.9. The van der Waals surface area contributed by atoms with Crippen molar-refractivity contribution in [3.63, 3.8) is 0 Å². The van der Waals surface area contributed by atoms with E-state index in [1.165, 1.54) is 6.42 Å². The van der Waals surface area contributed by atoms with Crippen molar-refractivity contribution in [2.45, 2.75) is 64.1 Å². The van der Waals surface area contributed by atoms with Crippen LogP contribution in [0.3, 0.4) is 0 Å². The van der Waals surface area contributed by atoms with Crippen LogP contribution in [0.4, 0.5) is 4.79 Å². The molecular weight excluding hydrogens is 244 g/mol. The maximum absolute atomic E-state index is 11.9. The van der Waals surface area contributed by atoms with E-state index in [9.17, 15) is 4.79 Å². The van der Waals surface area contributed by atoms with Gasteiger partial charge >= 0.3 is 6.03 Å². The van der Waals surface area contributed by atoms with Crippen LogP contribution in [-0.2, 0) is 4.74 Å². The van der Waals surface area contributed by atoms with Crippen molar-refractivity contribution in [2.75, 3.05) is 13.2 Å². The molecule has 0 heterocycles. The maximum atomic E-state index is 11.9. The molecular formula is C14H26N2O3. The highest BCUT2D eigenvalue weighted by Crippen LogP contribution is 2.57. The van der Waals surface area contributed by atoms with E-state index in [2.05, 4.69) is 10.6 Å². The first-order valence-electron chi connectivity index (χ1n) is 7.42. The number of amides is 2. The minimum absolute atomic E-state index is 0.00473. The average Bonchev–Trinajstić information content (AvgIpc) is 2.25. The first-order valence-corrected chi connectivity index (χ1v) is 7.42. The van der Waals surface area contributed by atoms with E-state index in [0.717, 1.165) is 25.9 Å². The van der Waals surface area contributed by atoms with Crippen LogP contribution < -0.4 is 10.6 Å². The highest BCUT2D eigenvalue weighted by Gasteiger charge is 2.59. The molecule has 2 aliphatic carbocycles. The number of carbonyl (C=O) groups excluding carboxylic acids is 1. The molecule has 5 nitrogen and oxygen atoms in total. The van der Waals surface area contributed by atoms with Gasteiger partial charge in [-0.2, -0.15) is 0 Å². The second kappa shape index (κ2) is 6.09. The van der Waals surface area contributed by atoms with Gasteiger partial charge in [-0.05, 0) is 39.5 Å². The van der Waals surface area contributed by atoms with Crippen LogP contribution in [0.25, 0.3) is 0 Å². The highest BCUT2D eigenvalue weighted by molar-refractivity contribution is 5.74. The Kier molecular flexibility index (Phi) is 4.68. The first-order chi connectivity index (χ1) is 9.12. The van der Waals surface area contributed by atoms with Crippen LogP contribution in [-0.4, -0.2) is 42.5 Å². The maximum Gasteiger partial charge on any atom is 0.315 e. The number of aliphatic hydroxyl groups is 1. The molecule has 2 amide bonds. The van der Waals surface area contributed by atoms with Crippen LogP contribution in [0.15, 0.2) is 0 Å². The molecule has 0 aromatic heterocycles. The van der Waals surface area contributed by atoms with Crippen molar-refractivity contribution in [2.24, 2.45) is 5.41 Å². The van der Waals surface area contributed by atoms with E-state index in [0.29, 0.717) is 12.5 Å². The number of hydrogen-bond acceptors (Lipinski definition) is 3. The molecule has 2 rings (SSSR count).